The molecule has 11 heteroatoms. The van der Waals surface area contributed by atoms with E-state index < -0.39 is 18.0 Å². The summed E-state index contributed by atoms with van der Waals surface area (Å²) in [6.07, 6.45) is 1.99. The van der Waals surface area contributed by atoms with Crippen molar-refractivity contribution in [2.45, 2.75) is 31.9 Å². The Morgan fingerprint density at radius 2 is 2.14 bits per heavy atom. The number of amides is 2. The Morgan fingerprint density at radius 3 is 2.79 bits per heavy atom. The fourth-order valence-corrected chi connectivity index (χ4v) is 3.70. The predicted octanol–water partition coefficient (Wildman–Crippen LogP) is 1.11. The molecule has 154 valence electrons. The van der Waals surface area contributed by atoms with Crippen LogP contribution in [0, 0.1) is 5.82 Å². The Hall–Kier alpha value is -3.24. The number of anilines is 2. The van der Waals surface area contributed by atoms with Gasteiger partial charge in [-0.25, -0.2) is 9.18 Å². The Morgan fingerprint density at radius 1 is 1.34 bits per heavy atom. The van der Waals surface area contributed by atoms with Gasteiger partial charge in [-0.3, -0.25) is 9.69 Å². The van der Waals surface area contributed by atoms with Gasteiger partial charge in [0.15, 0.2) is 6.33 Å². The number of carbonyl (C=O) groups excluding carboxylic acids is 2. The van der Waals surface area contributed by atoms with Gasteiger partial charge in [-0.1, -0.05) is 0 Å². The van der Waals surface area contributed by atoms with Crippen LogP contribution in [0.2, 0.25) is 0 Å². The minimum absolute atomic E-state index is 0.163. The first-order valence-corrected chi connectivity index (χ1v) is 9.51. The van der Waals surface area contributed by atoms with Gasteiger partial charge >= 0.3 is 6.09 Å². The monoisotopic (exact) mass is 403 g/mol. The smallest absolute Gasteiger partial charge is 0.414 e. The predicted molar refractivity (Wildman–Crippen MR) is 101 cm³/mol. The minimum atomic E-state index is -0.548. The molecule has 3 heterocycles. The Bertz CT molecular complexity index is 884. The largest absolute Gasteiger partial charge is 0.442 e. The SMILES string of the molecule is CC(=O)NCC1CN(c2ccc(N3CCC(n4ncnn4)CC3)c(F)c2)C(=O)O1. The molecule has 2 aromatic rings. The molecular formula is C18H22FN7O3. The summed E-state index contributed by atoms with van der Waals surface area (Å²) in [5, 5.41) is 14.4. The molecule has 1 atom stereocenters. The molecule has 0 bridgehead atoms. The highest BCUT2D eigenvalue weighted by Gasteiger charge is 2.33. The van der Waals surface area contributed by atoms with Gasteiger partial charge in [0.1, 0.15) is 11.9 Å². The molecule has 1 aromatic carbocycles. The number of hydrogen-bond donors (Lipinski definition) is 1. The summed E-state index contributed by atoms with van der Waals surface area (Å²) in [7, 11) is 0. The summed E-state index contributed by atoms with van der Waals surface area (Å²) in [5.41, 5.74) is 0.935. The van der Waals surface area contributed by atoms with Crippen LogP contribution in [0.25, 0.3) is 0 Å². The minimum Gasteiger partial charge on any atom is -0.442 e. The van der Waals surface area contributed by atoms with E-state index in [0.717, 1.165) is 12.8 Å². The summed E-state index contributed by atoms with van der Waals surface area (Å²) in [5.74, 6) is -0.587. The topological polar surface area (TPSA) is 105 Å². The van der Waals surface area contributed by atoms with Crippen LogP contribution in [0.5, 0.6) is 0 Å². The Balaban J connectivity index is 1.39. The molecular weight excluding hydrogens is 381 g/mol. The molecule has 0 aliphatic carbocycles. The molecule has 0 saturated carbocycles. The van der Waals surface area contributed by atoms with E-state index in [4.69, 9.17) is 4.74 Å². The summed E-state index contributed by atoms with van der Waals surface area (Å²) in [6.45, 7) is 3.23. The Kier molecular flexibility index (Phi) is 5.28. The lowest BCUT2D eigenvalue weighted by atomic mass is 10.0. The normalized spacial score (nSPS) is 20.1. The maximum Gasteiger partial charge on any atom is 0.414 e. The zero-order valence-corrected chi connectivity index (χ0v) is 16.0. The van der Waals surface area contributed by atoms with Crippen molar-refractivity contribution >= 4 is 23.4 Å². The number of carbonyl (C=O) groups is 2. The van der Waals surface area contributed by atoms with Crippen molar-refractivity contribution in [3.63, 3.8) is 0 Å². The summed E-state index contributed by atoms with van der Waals surface area (Å²) in [4.78, 5) is 28.1. The lowest BCUT2D eigenvalue weighted by Crippen LogP contribution is -2.36. The highest BCUT2D eigenvalue weighted by molar-refractivity contribution is 5.90. The van der Waals surface area contributed by atoms with Crippen LogP contribution in [0.4, 0.5) is 20.6 Å². The van der Waals surface area contributed by atoms with Crippen molar-refractivity contribution < 1.29 is 18.7 Å². The second kappa shape index (κ2) is 8.02. The van der Waals surface area contributed by atoms with Crippen LogP contribution in [0.15, 0.2) is 24.5 Å². The second-order valence-electron chi connectivity index (χ2n) is 7.16. The first-order valence-electron chi connectivity index (χ1n) is 9.51. The van der Waals surface area contributed by atoms with Crippen LogP contribution in [-0.4, -0.2) is 64.5 Å². The van der Waals surface area contributed by atoms with E-state index in [1.165, 1.54) is 24.2 Å². The molecule has 2 aliphatic rings. The van der Waals surface area contributed by atoms with Crippen LogP contribution < -0.4 is 15.1 Å². The van der Waals surface area contributed by atoms with Crippen molar-refractivity contribution in [1.82, 2.24) is 25.5 Å². The van der Waals surface area contributed by atoms with Crippen molar-refractivity contribution in [2.24, 2.45) is 0 Å². The van der Waals surface area contributed by atoms with Crippen molar-refractivity contribution in [3.8, 4) is 0 Å². The molecule has 2 aliphatic heterocycles. The molecule has 1 N–H and O–H groups in total. The number of nitrogens with zero attached hydrogens (tertiary/aromatic N) is 6. The summed E-state index contributed by atoms with van der Waals surface area (Å²) < 4.78 is 20.1. The number of piperidine rings is 1. The van der Waals surface area contributed by atoms with E-state index in [0.29, 0.717) is 24.5 Å². The average Bonchev–Trinajstić information content (AvgIpc) is 3.36. The van der Waals surface area contributed by atoms with Gasteiger partial charge in [-0.05, 0) is 36.3 Å². The second-order valence-corrected chi connectivity index (χ2v) is 7.16. The third kappa shape index (κ3) is 4.13. The summed E-state index contributed by atoms with van der Waals surface area (Å²) >= 11 is 0. The number of hydrogen-bond acceptors (Lipinski definition) is 7. The molecule has 2 amide bonds. The molecule has 2 saturated heterocycles. The molecule has 2 fully saturated rings. The lowest BCUT2D eigenvalue weighted by Gasteiger charge is -2.33. The van der Waals surface area contributed by atoms with Gasteiger partial charge in [-0.15, -0.1) is 10.2 Å². The van der Waals surface area contributed by atoms with Crippen LogP contribution in [-0.2, 0) is 9.53 Å². The zero-order chi connectivity index (χ0) is 20.4. The molecule has 10 nitrogen and oxygen atoms in total. The standard InChI is InChI=1S/C18H22FN7O3/c1-12(27)20-9-15-10-25(18(28)29-15)14-2-3-17(16(19)8-14)24-6-4-13(5-7-24)26-22-11-21-23-26/h2-3,8,11,13,15H,4-7,9-10H2,1H3,(H,20,27). The maximum absolute atomic E-state index is 14.8. The van der Waals surface area contributed by atoms with E-state index in [9.17, 15) is 14.0 Å². The first-order chi connectivity index (χ1) is 14.0. The van der Waals surface area contributed by atoms with Gasteiger partial charge < -0.3 is 15.0 Å². The highest BCUT2D eigenvalue weighted by atomic mass is 19.1. The molecule has 0 radical (unpaired) electrons. The average molecular weight is 403 g/mol. The zero-order valence-electron chi connectivity index (χ0n) is 16.0. The highest BCUT2D eigenvalue weighted by Crippen LogP contribution is 2.31. The molecule has 0 spiro atoms. The van der Waals surface area contributed by atoms with Gasteiger partial charge in [0.25, 0.3) is 0 Å². The number of tetrazole rings is 1. The number of benzene rings is 1. The number of halogens is 1. The number of nitrogens with one attached hydrogen (secondary N) is 1. The van der Waals surface area contributed by atoms with Crippen molar-refractivity contribution in [3.05, 3.63) is 30.3 Å². The van der Waals surface area contributed by atoms with Crippen LogP contribution >= 0.6 is 0 Å². The van der Waals surface area contributed by atoms with Crippen molar-refractivity contribution in [1.29, 1.82) is 0 Å². The maximum atomic E-state index is 14.8. The number of cyclic esters (lactones) is 1. The number of rotatable bonds is 5. The van der Waals surface area contributed by atoms with E-state index >= 15 is 0 Å². The van der Waals surface area contributed by atoms with Crippen molar-refractivity contribution in [2.75, 3.05) is 36.0 Å². The van der Waals surface area contributed by atoms with Crippen LogP contribution in [0.1, 0.15) is 25.8 Å². The van der Waals surface area contributed by atoms with E-state index in [-0.39, 0.29) is 25.0 Å². The molecule has 1 unspecified atom stereocenters. The number of aromatic nitrogens is 4. The lowest BCUT2D eigenvalue weighted by molar-refractivity contribution is -0.119. The van der Waals surface area contributed by atoms with Gasteiger partial charge in [0.05, 0.1) is 30.5 Å². The molecule has 4 rings (SSSR count). The third-order valence-electron chi connectivity index (χ3n) is 5.19. The van der Waals surface area contributed by atoms with Gasteiger partial charge in [-0.2, -0.15) is 4.80 Å². The number of ether oxygens (including phenoxy) is 1. The van der Waals surface area contributed by atoms with Gasteiger partial charge in [0.2, 0.25) is 5.91 Å². The van der Waals surface area contributed by atoms with E-state index in [1.54, 1.807) is 16.9 Å². The molecule has 1 aromatic heterocycles. The van der Waals surface area contributed by atoms with E-state index in [2.05, 4.69) is 20.7 Å². The quantitative estimate of drug-likeness (QED) is 0.797. The molecule has 29 heavy (non-hydrogen) atoms. The fourth-order valence-electron chi connectivity index (χ4n) is 3.70. The Labute approximate surface area is 166 Å². The third-order valence-corrected chi connectivity index (χ3v) is 5.19. The fraction of sp³-hybridized carbons (Fsp3) is 0.500. The van der Waals surface area contributed by atoms with Gasteiger partial charge in [0, 0.05) is 20.0 Å². The first kappa shape index (κ1) is 19.1. The van der Waals surface area contributed by atoms with Crippen LogP contribution in [0.3, 0.4) is 0 Å². The van der Waals surface area contributed by atoms with E-state index in [1.807, 2.05) is 4.90 Å². The summed E-state index contributed by atoms with van der Waals surface area (Å²) in [6, 6.07) is 4.91.